The number of ether oxygens (including phenoxy) is 2. The van der Waals surface area contributed by atoms with E-state index in [-0.39, 0.29) is 0 Å². The van der Waals surface area contributed by atoms with Crippen LogP contribution in [0.1, 0.15) is 18.1 Å². The SMILES string of the molecule is CCOc1ccc(NC(=S)N2CCN(Cc3ccc4c(c3)CCO4)CC2)cc1. The Labute approximate surface area is 172 Å². The number of anilines is 1. The minimum Gasteiger partial charge on any atom is -0.494 e. The Bertz CT molecular complexity index is 817. The standard InChI is InChI=1S/C22H27N3O2S/c1-2-26-20-6-4-19(5-7-20)23-22(28)25-12-10-24(11-13-25)16-17-3-8-21-18(15-17)9-14-27-21/h3-8,15H,2,9-14,16H2,1H3,(H,23,28). The third-order valence-electron chi connectivity index (χ3n) is 5.24. The molecule has 0 bridgehead atoms. The van der Waals surface area contributed by atoms with Crippen molar-refractivity contribution >= 4 is 23.0 Å². The maximum Gasteiger partial charge on any atom is 0.173 e. The third kappa shape index (κ3) is 4.56. The zero-order chi connectivity index (χ0) is 19.3. The first-order valence-corrected chi connectivity index (χ1v) is 10.4. The monoisotopic (exact) mass is 397 g/mol. The first-order chi connectivity index (χ1) is 13.7. The van der Waals surface area contributed by atoms with Crippen LogP contribution in [0.2, 0.25) is 0 Å². The van der Waals surface area contributed by atoms with Gasteiger partial charge in [-0.1, -0.05) is 12.1 Å². The zero-order valence-corrected chi connectivity index (χ0v) is 17.1. The van der Waals surface area contributed by atoms with Gasteiger partial charge >= 0.3 is 0 Å². The molecule has 2 heterocycles. The summed E-state index contributed by atoms with van der Waals surface area (Å²) >= 11 is 5.61. The number of fused-ring (bicyclic) bond motifs is 1. The van der Waals surface area contributed by atoms with E-state index in [2.05, 4.69) is 33.3 Å². The average molecular weight is 398 g/mol. The van der Waals surface area contributed by atoms with Crippen molar-refractivity contribution in [2.24, 2.45) is 0 Å². The number of benzene rings is 2. The highest BCUT2D eigenvalue weighted by Crippen LogP contribution is 2.26. The van der Waals surface area contributed by atoms with Gasteiger partial charge in [-0.25, -0.2) is 0 Å². The summed E-state index contributed by atoms with van der Waals surface area (Å²) in [6.07, 6.45) is 1.03. The quantitative estimate of drug-likeness (QED) is 0.778. The summed E-state index contributed by atoms with van der Waals surface area (Å²) < 4.78 is 11.1. The van der Waals surface area contributed by atoms with Crippen LogP contribution in [-0.4, -0.2) is 54.3 Å². The van der Waals surface area contributed by atoms with Crippen LogP contribution in [0.25, 0.3) is 0 Å². The topological polar surface area (TPSA) is 37.0 Å². The summed E-state index contributed by atoms with van der Waals surface area (Å²) in [5, 5.41) is 4.13. The lowest BCUT2D eigenvalue weighted by Crippen LogP contribution is -2.49. The predicted octanol–water partition coefficient (Wildman–Crippen LogP) is 3.53. The molecule has 1 N–H and O–H groups in total. The largest absolute Gasteiger partial charge is 0.494 e. The molecule has 2 aliphatic heterocycles. The fourth-order valence-electron chi connectivity index (χ4n) is 3.71. The first kappa shape index (κ1) is 19.0. The number of piperazine rings is 1. The highest BCUT2D eigenvalue weighted by atomic mass is 32.1. The molecule has 2 aliphatic rings. The van der Waals surface area contributed by atoms with Crippen LogP contribution < -0.4 is 14.8 Å². The molecule has 1 saturated heterocycles. The summed E-state index contributed by atoms with van der Waals surface area (Å²) in [4.78, 5) is 4.74. The van der Waals surface area contributed by atoms with Crippen LogP contribution in [0.15, 0.2) is 42.5 Å². The van der Waals surface area contributed by atoms with Crippen molar-refractivity contribution in [3.8, 4) is 11.5 Å². The second-order valence-corrected chi connectivity index (χ2v) is 7.58. The lowest BCUT2D eigenvalue weighted by molar-refractivity contribution is 0.177. The van der Waals surface area contributed by atoms with Crippen molar-refractivity contribution in [1.82, 2.24) is 9.80 Å². The maximum atomic E-state index is 5.61. The Balaban J connectivity index is 1.26. The van der Waals surface area contributed by atoms with E-state index in [0.29, 0.717) is 6.61 Å². The number of hydrogen-bond donors (Lipinski definition) is 1. The van der Waals surface area contributed by atoms with Crippen LogP contribution >= 0.6 is 12.2 Å². The fourth-order valence-corrected chi connectivity index (χ4v) is 4.01. The van der Waals surface area contributed by atoms with Gasteiger partial charge in [0, 0.05) is 44.8 Å². The molecule has 1 fully saturated rings. The molecule has 0 radical (unpaired) electrons. The molecule has 0 atom stereocenters. The molecule has 2 aromatic carbocycles. The van der Waals surface area contributed by atoms with Gasteiger partial charge in [-0.15, -0.1) is 0 Å². The number of hydrogen-bond acceptors (Lipinski definition) is 4. The normalized spacial score (nSPS) is 16.4. The van der Waals surface area contributed by atoms with E-state index in [9.17, 15) is 0 Å². The third-order valence-corrected chi connectivity index (χ3v) is 5.60. The summed E-state index contributed by atoms with van der Waals surface area (Å²) in [5.41, 5.74) is 3.71. The van der Waals surface area contributed by atoms with Crippen LogP contribution in [0.5, 0.6) is 11.5 Å². The van der Waals surface area contributed by atoms with Gasteiger partial charge in [-0.2, -0.15) is 0 Å². The minimum absolute atomic E-state index is 0.675. The van der Waals surface area contributed by atoms with Crippen LogP contribution in [-0.2, 0) is 13.0 Å². The molecule has 4 rings (SSSR count). The molecule has 0 spiro atoms. The van der Waals surface area contributed by atoms with Gasteiger partial charge in [0.1, 0.15) is 11.5 Å². The second-order valence-electron chi connectivity index (χ2n) is 7.19. The van der Waals surface area contributed by atoms with E-state index in [4.69, 9.17) is 21.7 Å². The zero-order valence-electron chi connectivity index (χ0n) is 16.3. The molecule has 0 aliphatic carbocycles. The van der Waals surface area contributed by atoms with Crippen LogP contribution in [0.4, 0.5) is 5.69 Å². The summed E-state index contributed by atoms with van der Waals surface area (Å²) in [7, 11) is 0. The van der Waals surface area contributed by atoms with Crippen LogP contribution in [0, 0.1) is 0 Å². The van der Waals surface area contributed by atoms with Crippen molar-refractivity contribution in [1.29, 1.82) is 0 Å². The van der Waals surface area contributed by atoms with Gasteiger partial charge in [-0.3, -0.25) is 4.90 Å². The Morgan fingerprint density at radius 2 is 1.89 bits per heavy atom. The summed E-state index contributed by atoms with van der Waals surface area (Å²) in [5.74, 6) is 1.94. The first-order valence-electron chi connectivity index (χ1n) is 9.97. The number of nitrogens with zero attached hydrogens (tertiary/aromatic N) is 2. The molecule has 0 aromatic heterocycles. The average Bonchev–Trinajstić information content (AvgIpc) is 3.18. The molecule has 5 nitrogen and oxygen atoms in total. The van der Waals surface area contributed by atoms with Crippen molar-refractivity contribution in [2.75, 3.05) is 44.7 Å². The van der Waals surface area contributed by atoms with Gasteiger partial charge in [-0.05, 0) is 60.6 Å². The van der Waals surface area contributed by atoms with Gasteiger partial charge in [0.05, 0.1) is 13.2 Å². The lowest BCUT2D eigenvalue weighted by atomic mass is 10.1. The molecular formula is C22H27N3O2S. The van der Waals surface area contributed by atoms with E-state index in [1.165, 1.54) is 11.1 Å². The Hall–Kier alpha value is -2.31. The van der Waals surface area contributed by atoms with Gasteiger partial charge in [0.2, 0.25) is 0 Å². The van der Waals surface area contributed by atoms with Gasteiger partial charge < -0.3 is 19.7 Å². The number of rotatable bonds is 5. The molecule has 0 amide bonds. The van der Waals surface area contributed by atoms with E-state index in [0.717, 1.165) is 68.1 Å². The Morgan fingerprint density at radius 3 is 2.64 bits per heavy atom. The van der Waals surface area contributed by atoms with Gasteiger partial charge in [0.25, 0.3) is 0 Å². The van der Waals surface area contributed by atoms with E-state index < -0.39 is 0 Å². The predicted molar refractivity (Wildman–Crippen MR) is 116 cm³/mol. The molecule has 0 saturated carbocycles. The Kier molecular flexibility index (Phi) is 5.98. The molecule has 2 aromatic rings. The van der Waals surface area contributed by atoms with Crippen molar-refractivity contribution in [3.05, 3.63) is 53.6 Å². The number of thiocarbonyl (C=S) groups is 1. The fraction of sp³-hybridized carbons (Fsp3) is 0.409. The lowest BCUT2D eigenvalue weighted by Gasteiger charge is -2.36. The number of nitrogens with one attached hydrogen (secondary N) is 1. The van der Waals surface area contributed by atoms with E-state index >= 15 is 0 Å². The van der Waals surface area contributed by atoms with Crippen LogP contribution in [0.3, 0.4) is 0 Å². The van der Waals surface area contributed by atoms with E-state index in [1.54, 1.807) is 0 Å². The van der Waals surface area contributed by atoms with Gasteiger partial charge in [0.15, 0.2) is 5.11 Å². The van der Waals surface area contributed by atoms with Crippen molar-refractivity contribution in [2.45, 2.75) is 19.9 Å². The minimum atomic E-state index is 0.675. The molecule has 148 valence electrons. The molecule has 0 unspecified atom stereocenters. The second kappa shape index (κ2) is 8.80. The highest BCUT2D eigenvalue weighted by molar-refractivity contribution is 7.80. The Morgan fingerprint density at radius 1 is 1.11 bits per heavy atom. The van der Waals surface area contributed by atoms with Crippen molar-refractivity contribution < 1.29 is 9.47 Å². The van der Waals surface area contributed by atoms with E-state index in [1.807, 2.05) is 31.2 Å². The smallest absolute Gasteiger partial charge is 0.173 e. The van der Waals surface area contributed by atoms with Crippen molar-refractivity contribution in [3.63, 3.8) is 0 Å². The maximum absolute atomic E-state index is 5.61. The molecule has 6 heteroatoms. The molecule has 28 heavy (non-hydrogen) atoms. The highest BCUT2D eigenvalue weighted by Gasteiger charge is 2.20. The summed E-state index contributed by atoms with van der Waals surface area (Å²) in [6.45, 7) is 8.37. The summed E-state index contributed by atoms with van der Waals surface area (Å²) in [6, 6.07) is 14.5. The molecular weight excluding hydrogens is 370 g/mol.